The molecule has 3 aromatic heterocycles. The molecular weight excluding hydrogens is 402 g/mol. The molecule has 0 bridgehead atoms. The molecule has 1 N–H and O–H groups in total. The molecule has 0 saturated heterocycles. The molecule has 0 spiro atoms. The second kappa shape index (κ2) is 7.68. The highest BCUT2D eigenvalue weighted by atomic mass is 32.2. The number of benzene rings is 1. The zero-order valence-corrected chi connectivity index (χ0v) is 17.7. The maximum atomic E-state index is 12.6. The van der Waals surface area contributed by atoms with Crippen LogP contribution < -0.4 is 0 Å². The van der Waals surface area contributed by atoms with Crippen LogP contribution in [0.4, 0.5) is 0 Å². The minimum atomic E-state index is 0.0994. The van der Waals surface area contributed by atoms with E-state index in [0.717, 1.165) is 40.3 Å². The highest BCUT2D eigenvalue weighted by molar-refractivity contribution is 7.99. The average molecular weight is 424 g/mol. The molecule has 0 unspecified atom stereocenters. The molecule has 4 aromatic rings. The van der Waals surface area contributed by atoms with E-state index in [1.807, 2.05) is 36.8 Å². The number of rotatable bonds is 7. The Kier molecular flexibility index (Phi) is 4.89. The Balaban J connectivity index is 1.35. The van der Waals surface area contributed by atoms with Gasteiger partial charge in [-0.05, 0) is 30.4 Å². The van der Waals surface area contributed by atoms with Gasteiger partial charge in [0.05, 0.1) is 12.3 Å². The SMILES string of the molecule is CN(Cc1cccs1)C(=O)CSc1nnc(-c2c[nH]c3ccccc23)n1C1CC1. The van der Waals surface area contributed by atoms with Gasteiger partial charge in [0.15, 0.2) is 11.0 Å². The van der Waals surface area contributed by atoms with Gasteiger partial charge in [-0.1, -0.05) is 36.0 Å². The maximum Gasteiger partial charge on any atom is 0.233 e. The third-order valence-corrected chi connectivity index (χ3v) is 6.92. The average Bonchev–Trinajstić information content (AvgIpc) is 3.12. The van der Waals surface area contributed by atoms with Crippen molar-refractivity contribution in [3.05, 3.63) is 52.9 Å². The van der Waals surface area contributed by atoms with Gasteiger partial charge in [0, 0.05) is 40.6 Å². The third kappa shape index (κ3) is 3.70. The zero-order chi connectivity index (χ0) is 19.8. The van der Waals surface area contributed by atoms with E-state index >= 15 is 0 Å². The van der Waals surface area contributed by atoms with Crippen molar-refractivity contribution in [1.82, 2.24) is 24.6 Å². The lowest BCUT2D eigenvalue weighted by atomic mass is 10.1. The Morgan fingerprint density at radius 1 is 1.28 bits per heavy atom. The van der Waals surface area contributed by atoms with E-state index in [9.17, 15) is 4.79 Å². The Morgan fingerprint density at radius 3 is 2.93 bits per heavy atom. The second-order valence-electron chi connectivity index (χ2n) is 7.27. The van der Waals surface area contributed by atoms with E-state index in [4.69, 9.17) is 0 Å². The molecule has 1 saturated carbocycles. The molecule has 1 fully saturated rings. The molecule has 1 aliphatic carbocycles. The van der Waals surface area contributed by atoms with Gasteiger partial charge in [-0.25, -0.2) is 0 Å². The fourth-order valence-electron chi connectivity index (χ4n) is 3.44. The first-order chi connectivity index (χ1) is 14.2. The Bertz CT molecular complexity index is 1140. The van der Waals surface area contributed by atoms with Crippen LogP contribution in [0.25, 0.3) is 22.3 Å². The normalized spacial score (nSPS) is 13.8. The Labute approximate surface area is 176 Å². The van der Waals surface area contributed by atoms with Crippen molar-refractivity contribution in [3.8, 4) is 11.4 Å². The van der Waals surface area contributed by atoms with Gasteiger partial charge in [-0.2, -0.15) is 0 Å². The number of thiophene rings is 1. The van der Waals surface area contributed by atoms with Crippen molar-refractivity contribution in [2.24, 2.45) is 0 Å². The predicted octanol–water partition coefficient (Wildman–Crippen LogP) is 4.57. The van der Waals surface area contributed by atoms with E-state index in [0.29, 0.717) is 18.3 Å². The lowest BCUT2D eigenvalue weighted by Gasteiger charge is -2.16. The third-order valence-electron chi connectivity index (χ3n) is 5.13. The van der Waals surface area contributed by atoms with Crippen LogP contribution in [0.15, 0.2) is 53.1 Å². The summed E-state index contributed by atoms with van der Waals surface area (Å²) in [6.07, 6.45) is 4.27. The first-order valence-electron chi connectivity index (χ1n) is 9.61. The van der Waals surface area contributed by atoms with Crippen LogP contribution in [-0.4, -0.2) is 43.4 Å². The van der Waals surface area contributed by atoms with Gasteiger partial charge in [-0.3, -0.25) is 9.36 Å². The van der Waals surface area contributed by atoms with Crippen LogP contribution in [0.3, 0.4) is 0 Å². The fourth-order valence-corrected chi connectivity index (χ4v) is 5.14. The van der Waals surface area contributed by atoms with E-state index in [2.05, 4.69) is 37.9 Å². The molecule has 0 atom stereocenters. The topological polar surface area (TPSA) is 66.8 Å². The van der Waals surface area contributed by atoms with E-state index in [1.165, 1.54) is 16.6 Å². The molecule has 3 heterocycles. The lowest BCUT2D eigenvalue weighted by molar-refractivity contribution is -0.127. The van der Waals surface area contributed by atoms with Crippen LogP contribution in [-0.2, 0) is 11.3 Å². The molecule has 1 aromatic carbocycles. The van der Waals surface area contributed by atoms with Crippen LogP contribution >= 0.6 is 23.1 Å². The first-order valence-corrected chi connectivity index (χ1v) is 11.5. The number of fused-ring (bicyclic) bond motifs is 1. The van der Waals surface area contributed by atoms with Crippen molar-refractivity contribution >= 4 is 39.9 Å². The molecule has 8 heteroatoms. The van der Waals surface area contributed by atoms with E-state index in [-0.39, 0.29) is 5.91 Å². The van der Waals surface area contributed by atoms with Crippen LogP contribution in [0.2, 0.25) is 0 Å². The summed E-state index contributed by atoms with van der Waals surface area (Å²) < 4.78 is 2.22. The quantitative estimate of drug-likeness (QED) is 0.442. The van der Waals surface area contributed by atoms with Crippen molar-refractivity contribution in [1.29, 1.82) is 0 Å². The van der Waals surface area contributed by atoms with Crippen LogP contribution in [0.1, 0.15) is 23.8 Å². The number of aromatic nitrogens is 4. The summed E-state index contributed by atoms with van der Waals surface area (Å²) in [5, 5.41) is 12.9. The summed E-state index contributed by atoms with van der Waals surface area (Å²) in [5.74, 6) is 1.34. The molecule has 148 valence electrons. The zero-order valence-electron chi connectivity index (χ0n) is 16.0. The molecule has 5 rings (SSSR count). The van der Waals surface area contributed by atoms with Gasteiger partial charge < -0.3 is 9.88 Å². The molecule has 6 nitrogen and oxygen atoms in total. The van der Waals surface area contributed by atoms with Crippen LogP contribution in [0.5, 0.6) is 0 Å². The van der Waals surface area contributed by atoms with Gasteiger partial charge in [0.2, 0.25) is 5.91 Å². The molecule has 0 radical (unpaired) electrons. The number of carbonyl (C=O) groups excluding carboxylic acids is 1. The van der Waals surface area contributed by atoms with Gasteiger partial charge in [-0.15, -0.1) is 21.5 Å². The monoisotopic (exact) mass is 423 g/mol. The number of carbonyl (C=O) groups is 1. The molecule has 29 heavy (non-hydrogen) atoms. The number of amides is 1. The Hall–Kier alpha value is -2.58. The number of nitrogens with zero attached hydrogens (tertiary/aromatic N) is 4. The number of hydrogen-bond donors (Lipinski definition) is 1. The number of nitrogens with one attached hydrogen (secondary N) is 1. The van der Waals surface area contributed by atoms with Crippen molar-refractivity contribution in [2.45, 2.75) is 30.6 Å². The molecule has 1 amide bonds. The standard InChI is InChI=1S/C21H21N5OS2/c1-25(12-15-5-4-10-28-15)19(27)13-29-21-24-23-20(26(21)14-8-9-14)17-11-22-18-7-3-2-6-16(17)18/h2-7,10-11,14,22H,8-9,12-13H2,1H3. The number of aromatic amines is 1. The summed E-state index contributed by atoms with van der Waals surface area (Å²) in [4.78, 5) is 18.9. The lowest BCUT2D eigenvalue weighted by Crippen LogP contribution is -2.27. The molecule has 0 aliphatic heterocycles. The summed E-state index contributed by atoms with van der Waals surface area (Å²) in [7, 11) is 1.85. The highest BCUT2D eigenvalue weighted by Gasteiger charge is 2.31. The minimum absolute atomic E-state index is 0.0994. The van der Waals surface area contributed by atoms with Crippen molar-refractivity contribution in [3.63, 3.8) is 0 Å². The van der Waals surface area contributed by atoms with Crippen molar-refractivity contribution < 1.29 is 4.79 Å². The van der Waals surface area contributed by atoms with Gasteiger partial charge in [0.1, 0.15) is 0 Å². The summed E-state index contributed by atoms with van der Waals surface area (Å²) in [6.45, 7) is 0.646. The largest absolute Gasteiger partial charge is 0.360 e. The fraction of sp³-hybridized carbons (Fsp3) is 0.286. The smallest absolute Gasteiger partial charge is 0.233 e. The highest BCUT2D eigenvalue weighted by Crippen LogP contribution is 2.42. The minimum Gasteiger partial charge on any atom is -0.360 e. The summed E-state index contributed by atoms with van der Waals surface area (Å²) in [6, 6.07) is 12.7. The van der Waals surface area contributed by atoms with E-state index < -0.39 is 0 Å². The van der Waals surface area contributed by atoms with Gasteiger partial charge in [0.25, 0.3) is 0 Å². The number of para-hydroxylation sites is 1. The Morgan fingerprint density at radius 2 is 2.14 bits per heavy atom. The number of hydrogen-bond acceptors (Lipinski definition) is 5. The summed E-state index contributed by atoms with van der Waals surface area (Å²) >= 11 is 3.15. The van der Waals surface area contributed by atoms with Crippen molar-refractivity contribution in [2.75, 3.05) is 12.8 Å². The number of H-pyrrole nitrogens is 1. The first kappa shape index (κ1) is 18.4. The number of thioether (sulfide) groups is 1. The molecule has 1 aliphatic rings. The predicted molar refractivity (Wildman–Crippen MR) is 117 cm³/mol. The maximum absolute atomic E-state index is 12.6. The van der Waals surface area contributed by atoms with Gasteiger partial charge >= 0.3 is 0 Å². The molecular formula is C21H21N5OS2. The second-order valence-corrected chi connectivity index (χ2v) is 9.25. The summed E-state index contributed by atoms with van der Waals surface area (Å²) in [5.41, 5.74) is 2.15. The van der Waals surface area contributed by atoms with E-state index in [1.54, 1.807) is 16.2 Å². The van der Waals surface area contributed by atoms with Crippen LogP contribution in [0, 0.1) is 0 Å².